The molecule has 0 aromatic heterocycles. The largest absolute Gasteiger partial charge is 0.316 e. The normalized spacial score (nSPS) is 10.3. The fraction of sp³-hybridized carbons (Fsp3) is 0.250. The van der Waals surface area contributed by atoms with Gasteiger partial charge in [0, 0.05) is 12.1 Å². The van der Waals surface area contributed by atoms with E-state index in [1.54, 1.807) is 7.05 Å². The summed E-state index contributed by atoms with van der Waals surface area (Å²) >= 11 is 5.35. The summed E-state index contributed by atoms with van der Waals surface area (Å²) in [5.41, 5.74) is 0.277. The van der Waals surface area contributed by atoms with Crippen LogP contribution in [0.15, 0.2) is 12.1 Å². The molecule has 0 fully saturated rings. The van der Waals surface area contributed by atoms with Crippen molar-refractivity contribution < 1.29 is 8.78 Å². The van der Waals surface area contributed by atoms with Gasteiger partial charge in [-0.15, -0.1) is 0 Å². The summed E-state index contributed by atoms with van der Waals surface area (Å²) in [6.45, 7) is 0.292. The van der Waals surface area contributed by atoms with E-state index < -0.39 is 11.6 Å². The number of halogens is 3. The van der Waals surface area contributed by atoms with Crippen LogP contribution in [0.3, 0.4) is 0 Å². The number of hydrogen-bond donors (Lipinski definition) is 1. The zero-order chi connectivity index (χ0) is 9.14. The molecule has 0 aliphatic heterocycles. The monoisotopic (exact) mass is 191 g/mol. The molecule has 1 nitrogen and oxygen atoms in total. The number of benzene rings is 1. The zero-order valence-electron chi connectivity index (χ0n) is 6.50. The van der Waals surface area contributed by atoms with Crippen molar-refractivity contribution in [2.24, 2.45) is 0 Å². The predicted octanol–water partition coefficient (Wildman–Crippen LogP) is 2.34. The second kappa shape index (κ2) is 3.83. The van der Waals surface area contributed by atoms with E-state index >= 15 is 0 Å². The molecule has 4 heteroatoms. The molecule has 1 N–H and O–H groups in total. The smallest absolute Gasteiger partial charge is 0.142 e. The van der Waals surface area contributed by atoms with Crippen molar-refractivity contribution in [2.45, 2.75) is 6.54 Å². The molecule has 1 rings (SSSR count). The van der Waals surface area contributed by atoms with Gasteiger partial charge in [-0.05, 0) is 19.2 Å². The highest BCUT2D eigenvalue weighted by atomic mass is 35.5. The highest BCUT2D eigenvalue weighted by Gasteiger charge is 2.06. The number of nitrogens with one attached hydrogen (secondary N) is 1. The molecular weight excluding hydrogens is 184 g/mol. The van der Waals surface area contributed by atoms with Gasteiger partial charge in [0.15, 0.2) is 0 Å². The Labute approximate surface area is 74.3 Å². The first kappa shape index (κ1) is 9.42. The highest BCUT2D eigenvalue weighted by molar-refractivity contribution is 6.30. The molecule has 0 saturated carbocycles. The van der Waals surface area contributed by atoms with Gasteiger partial charge >= 0.3 is 0 Å². The van der Waals surface area contributed by atoms with Gasteiger partial charge in [0.05, 0.1) is 5.02 Å². The summed E-state index contributed by atoms with van der Waals surface area (Å²) in [5, 5.41) is 2.53. The van der Waals surface area contributed by atoms with Crippen LogP contribution < -0.4 is 5.32 Å². The summed E-state index contributed by atoms with van der Waals surface area (Å²) < 4.78 is 25.7. The second-order valence-electron chi connectivity index (χ2n) is 2.39. The van der Waals surface area contributed by atoms with Crippen LogP contribution in [0.5, 0.6) is 0 Å². The molecule has 0 aliphatic carbocycles. The molecule has 0 spiro atoms. The van der Waals surface area contributed by atoms with Crippen LogP contribution in [0.1, 0.15) is 5.56 Å². The fourth-order valence-corrected chi connectivity index (χ4v) is 1.04. The van der Waals surface area contributed by atoms with Crippen LogP contribution in [0, 0.1) is 11.6 Å². The Morgan fingerprint density at radius 1 is 1.33 bits per heavy atom. The third kappa shape index (κ3) is 1.93. The SMILES string of the molecule is CNCc1cc(F)c(Cl)cc1F. The third-order valence-electron chi connectivity index (χ3n) is 1.46. The van der Waals surface area contributed by atoms with Crippen LogP contribution in [0.2, 0.25) is 5.02 Å². The highest BCUT2D eigenvalue weighted by Crippen LogP contribution is 2.18. The minimum atomic E-state index is -0.594. The van der Waals surface area contributed by atoms with E-state index in [4.69, 9.17) is 11.6 Å². The summed E-state index contributed by atoms with van der Waals surface area (Å²) in [6.07, 6.45) is 0. The van der Waals surface area contributed by atoms with E-state index in [0.717, 1.165) is 12.1 Å². The van der Waals surface area contributed by atoms with Gasteiger partial charge in [0.2, 0.25) is 0 Å². The average molecular weight is 192 g/mol. The van der Waals surface area contributed by atoms with E-state index in [0.29, 0.717) is 6.54 Å². The van der Waals surface area contributed by atoms with E-state index in [9.17, 15) is 8.78 Å². The summed E-state index contributed by atoms with van der Waals surface area (Å²) in [4.78, 5) is 0. The van der Waals surface area contributed by atoms with Gasteiger partial charge in [-0.1, -0.05) is 11.6 Å². The Hall–Kier alpha value is -0.670. The van der Waals surface area contributed by atoms with Gasteiger partial charge in [-0.3, -0.25) is 0 Å². The molecule has 66 valence electrons. The van der Waals surface area contributed by atoms with Crippen molar-refractivity contribution in [3.05, 3.63) is 34.4 Å². The van der Waals surface area contributed by atoms with Crippen molar-refractivity contribution >= 4 is 11.6 Å². The quantitative estimate of drug-likeness (QED) is 0.708. The van der Waals surface area contributed by atoms with Gasteiger partial charge in [-0.25, -0.2) is 8.78 Å². The summed E-state index contributed by atoms with van der Waals surface area (Å²) in [5.74, 6) is -1.08. The molecule has 0 unspecified atom stereocenters. The summed E-state index contributed by atoms with van der Waals surface area (Å²) in [6, 6.07) is 2.07. The zero-order valence-corrected chi connectivity index (χ0v) is 7.25. The average Bonchev–Trinajstić information content (AvgIpc) is 2.01. The van der Waals surface area contributed by atoms with Crippen molar-refractivity contribution in [3.63, 3.8) is 0 Å². The van der Waals surface area contributed by atoms with E-state index in [-0.39, 0.29) is 10.6 Å². The van der Waals surface area contributed by atoms with Crippen molar-refractivity contribution in [3.8, 4) is 0 Å². The molecule has 12 heavy (non-hydrogen) atoms. The minimum Gasteiger partial charge on any atom is -0.316 e. The molecular formula is C8H8ClF2N. The van der Waals surface area contributed by atoms with Crippen LogP contribution in [0.4, 0.5) is 8.78 Å². The lowest BCUT2D eigenvalue weighted by atomic mass is 10.2. The van der Waals surface area contributed by atoms with Gasteiger partial charge in [0.25, 0.3) is 0 Å². The van der Waals surface area contributed by atoms with Crippen molar-refractivity contribution in [1.82, 2.24) is 5.32 Å². The van der Waals surface area contributed by atoms with E-state index in [2.05, 4.69) is 5.32 Å². The van der Waals surface area contributed by atoms with E-state index in [1.165, 1.54) is 0 Å². The van der Waals surface area contributed by atoms with Crippen LogP contribution in [-0.2, 0) is 6.54 Å². The Bertz CT molecular complexity index is 289. The lowest BCUT2D eigenvalue weighted by Crippen LogP contribution is -2.07. The first-order valence-corrected chi connectivity index (χ1v) is 3.81. The van der Waals surface area contributed by atoms with Crippen LogP contribution in [-0.4, -0.2) is 7.05 Å². The Kier molecular flexibility index (Phi) is 3.00. The number of rotatable bonds is 2. The molecule has 0 radical (unpaired) electrons. The Morgan fingerprint density at radius 3 is 2.58 bits per heavy atom. The second-order valence-corrected chi connectivity index (χ2v) is 2.80. The minimum absolute atomic E-state index is 0.188. The Morgan fingerprint density at radius 2 is 2.00 bits per heavy atom. The molecule has 1 aromatic rings. The standard InChI is InChI=1S/C8H8ClF2N/c1-12-4-5-2-8(11)6(9)3-7(5)10/h2-3,12H,4H2,1H3. The molecule has 0 atom stereocenters. The van der Waals surface area contributed by atoms with Crippen LogP contribution >= 0.6 is 11.6 Å². The van der Waals surface area contributed by atoms with Crippen LogP contribution in [0.25, 0.3) is 0 Å². The lowest BCUT2D eigenvalue weighted by molar-refractivity contribution is 0.578. The molecule has 0 aliphatic rings. The third-order valence-corrected chi connectivity index (χ3v) is 1.75. The molecule has 0 bridgehead atoms. The maximum absolute atomic E-state index is 12.9. The maximum atomic E-state index is 12.9. The lowest BCUT2D eigenvalue weighted by Gasteiger charge is -2.02. The molecule has 1 aromatic carbocycles. The Balaban J connectivity index is 3.05. The van der Waals surface area contributed by atoms with E-state index in [1.807, 2.05) is 0 Å². The fourth-order valence-electron chi connectivity index (χ4n) is 0.890. The van der Waals surface area contributed by atoms with Crippen molar-refractivity contribution in [1.29, 1.82) is 0 Å². The topological polar surface area (TPSA) is 12.0 Å². The molecule has 0 amide bonds. The first-order valence-electron chi connectivity index (χ1n) is 3.43. The van der Waals surface area contributed by atoms with Gasteiger partial charge in [0.1, 0.15) is 11.6 Å². The van der Waals surface area contributed by atoms with Crippen molar-refractivity contribution in [2.75, 3.05) is 7.05 Å². The first-order chi connectivity index (χ1) is 5.65. The summed E-state index contributed by atoms with van der Waals surface area (Å²) in [7, 11) is 1.66. The molecule has 0 saturated heterocycles. The maximum Gasteiger partial charge on any atom is 0.142 e. The van der Waals surface area contributed by atoms with Gasteiger partial charge in [-0.2, -0.15) is 0 Å². The van der Waals surface area contributed by atoms with Gasteiger partial charge < -0.3 is 5.32 Å². The predicted molar refractivity (Wildman–Crippen MR) is 44.1 cm³/mol. The molecule has 0 heterocycles. The number of hydrogen-bond acceptors (Lipinski definition) is 1.